The van der Waals surface area contributed by atoms with Crippen molar-refractivity contribution in [1.29, 1.82) is 5.26 Å². The first-order valence-electron chi connectivity index (χ1n) is 6.04. The van der Waals surface area contributed by atoms with E-state index >= 15 is 0 Å². The van der Waals surface area contributed by atoms with E-state index in [0.717, 1.165) is 5.56 Å². The van der Waals surface area contributed by atoms with Gasteiger partial charge in [0.25, 0.3) is 0 Å². The molecule has 7 heteroatoms. The first-order valence-corrected chi connectivity index (χ1v) is 6.04. The second-order valence-electron chi connectivity index (χ2n) is 4.41. The largest absolute Gasteiger partial charge is 0.454 e. The first kappa shape index (κ1) is 12.4. The fraction of sp³-hybridized carbons (Fsp3) is 0.308. The number of nitriles is 1. The van der Waals surface area contributed by atoms with Crippen molar-refractivity contribution >= 4 is 0 Å². The molecular weight excluding hydrogens is 260 g/mol. The molecule has 0 bridgehead atoms. The maximum atomic E-state index is 8.60. The minimum Gasteiger partial charge on any atom is -0.454 e. The summed E-state index contributed by atoms with van der Waals surface area (Å²) in [6, 6.07) is 7.54. The lowest BCUT2D eigenvalue weighted by atomic mass is 10.2. The molecule has 1 aliphatic heterocycles. The number of hydrogen-bond donors (Lipinski definition) is 0. The Morgan fingerprint density at radius 1 is 1.35 bits per heavy atom. The normalized spacial score (nSPS) is 12.7. The minimum atomic E-state index is 0.231. The predicted octanol–water partition coefficient (Wildman–Crippen LogP) is 1.42. The van der Waals surface area contributed by atoms with Crippen LogP contribution in [0.15, 0.2) is 22.7 Å². The van der Waals surface area contributed by atoms with E-state index < -0.39 is 0 Å². The van der Waals surface area contributed by atoms with E-state index in [1.54, 1.807) is 4.90 Å². The number of hydrogen-bond acceptors (Lipinski definition) is 7. The van der Waals surface area contributed by atoms with Crippen LogP contribution in [0.4, 0.5) is 0 Å². The molecule has 3 rings (SSSR count). The van der Waals surface area contributed by atoms with Crippen LogP contribution in [-0.2, 0) is 6.54 Å². The molecule has 0 amide bonds. The summed E-state index contributed by atoms with van der Waals surface area (Å²) in [5.74, 6) is 2.35. The summed E-state index contributed by atoms with van der Waals surface area (Å²) in [4.78, 5) is 6.09. The van der Waals surface area contributed by atoms with Gasteiger partial charge >= 0.3 is 0 Å². The van der Waals surface area contributed by atoms with Gasteiger partial charge in [0.1, 0.15) is 0 Å². The highest BCUT2D eigenvalue weighted by Gasteiger charge is 2.16. The second-order valence-corrected chi connectivity index (χ2v) is 4.41. The summed E-state index contributed by atoms with van der Waals surface area (Å²) in [6.45, 7) is 0.974. The van der Waals surface area contributed by atoms with Crippen LogP contribution in [0, 0.1) is 11.3 Å². The van der Waals surface area contributed by atoms with Crippen molar-refractivity contribution in [2.75, 3.05) is 20.4 Å². The van der Waals surface area contributed by atoms with Crippen molar-refractivity contribution in [1.82, 2.24) is 15.0 Å². The van der Waals surface area contributed by atoms with E-state index in [1.165, 1.54) is 0 Å². The molecule has 7 nitrogen and oxygen atoms in total. The molecule has 2 aromatic rings. The van der Waals surface area contributed by atoms with E-state index in [9.17, 15) is 0 Å². The van der Waals surface area contributed by atoms with Crippen LogP contribution in [0.3, 0.4) is 0 Å². The van der Waals surface area contributed by atoms with Crippen LogP contribution in [0.1, 0.15) is 5.89 Å². The van der Waals surface area contributed by atoms with Crippen molar-refractivity contribution in [3.63, 3.8) is 0 Å². The molecule has 1 aliphatic rings. The number of rotatable bonds is 4. The van der Waals surface area contributed by atoms with Gasteiger partial charge in [0.2, 0.25) is 18.5 Å². The number of ether oxygens (including phenoxy) is 2. The van der Waals surface area contributed by atoms with Gasteiger partial charge in [0, 0.05) is 5.56 Å². The number of fused-ring (bicyclic) bond motifs is 1. The zero-order chi connectivity index (χ0) is 13.9. The van der Waals surface area contributed by atoms with Gasteiger partial charge in [0.15, 0.2) is 11.5 Å². The van der Waals surface area contributed by atoms with Gasteiger partial charge in [-0.15, -0.1) is 0 Å². The second kappa shape index (κ2) is 5.19. The molecule has 0 saturated heterocycles. The quantitative estimate of drug-likeness (QED) is 0.778. The highest BCUT2D eigenvalue weighted by atomic mass is 16.7. The highest BCUT2D eigenvalue weighted by Crippen LogP contribution is 2.35. The third kappa shape index (κ3) is 2.41. The molecule has 0 fully saturated rings. The minimum absolute atomic E-state index is 0.231. The Balaban J connectivity index is 1.78. The summed E-state index contributed by atoms with van der Waals surface area (Å²) < 4.78 is 15.7. The smallest absolute Gasteiger partial charge is 0.241 e. The third-order valence-electron chi connectivity index (χ3n) is 2.84. The zero-order valence-corrected chi connectivity index (χ0v) is 10.9. The molecule has 0 unspecified atom stereocenters. The Morgan fingerprint density at radius 3 is 3.05 bits per heavy atom. The average Bonchev–Trinajstić information content (AvgIpc) is 3.06. The monoisotopic (exact) mass is 272 g/mol. The maximum Gasteiger partial charge on any atom is 0.241 e. The molecule has 1 aromatic heterocycles. The van der Waals surface area contributed by atoms with Gasteiger partial charge in [-0.1, -0.05) is 5.16 Å². The van der Waals surface area contributed by atoms with Crippen LogP contribution in [0.2, 0.25) is 0 Å². The van der Waals surface area contributed by atoms with Crippen molar-refractivity contribution in [2.24, 2.45) is 0 Å². The molecule has 0 saturated carbocycles. The maximum absolute atomic E-state index is 8.60. The first-order chi connectivity index (χ1) is 9.76. The molecule has 102 valence electrons. The van der Waals surface area contributed by atoms with Gasteiger partial charge in [0.05, 0.1) is 19.2 Å². The van der Waals surface area contributed by atoms with E-state index in [4.69, 9.17) is 19.3 Å². The molecular formula is C13H12N4O3. The summed E-state index contributed by atoms with van der Waals surface area (Å²) >= 11 is 0. The van der Waals surface area contributed by atoms with Gasteiger partial charge in [-0.3, -0.25) is 4.90 Å². The van der Waals surface area contributed by atoms with Crippen molar-refractivity contribution < 1.29 is 14.0 Å². The lowest BCUT2D eigenvalue weighted by Gasteiger charge is -2.07. The summed E-state index contributed by atoms with van der Waals surface area (Å²) in [7, 11) is 1.81. The molecule has 20 heavy (non-hydrogen) atoms. The van der Waals surface area contributed by atoms with Gasteiger partial charge < -0.3 is 14.0 Å². The van der Waals surface area contributed by atoms with Gasteiger partial charge in [-0.2, -0.15) is 10.2 Å². The molecule has 0 aliphatic carbocycles. The summed E-state index contributed by atoms with van der Waals surface area (Å²) in [6.07, 6.45) is 0. The van der Waals surface area contributed by atoms with Crippen LogP contribution in [-0.4, -0.2) is 35.4 Å². The fourth-order valence-corrected chi connectivity index (χ4v) is 1.88. The Hall–Kier alpha value is -2.59. The highest BCUT2D eigenvalue weighted by molar-refractivity contribution is 5.61. The van der Waals surface area contributed by atoms with E-state index in [2.05, 4.69) is 16.2 Å². The van der Waals surface area contributed by atoms with Crippen molar-refractivity contribution in [3.8, 4) is 29.0 Å². The van der Waals surface area contributed by atoms with Crippen LogP contribution in [0.25, 0.3) is 11.4 Å². The number of aromatic nitrogens is 2. The lowest BCUT2D eigenvalue weighted by molar-refractivity contribution is 0.174. The van der Waals surface area contributed by atoms with Crippen molar-refractivity contribution in [3.05, 3.63) is 24.1 Å². The molecule has 0 radical (unpaired) electrons. The molecule has 2 heterocycles. The fourth-order valence-electron chi connectivity index (χ4n) is 1.88. The molecule has 0 atom stereocenters. The van der Waals surface area contributed by atoms with Crippen molar-refractivity contribution in [2.45, 2.75) is 6.54 Å². The van der Waals surface area contributed by atoms with Crippen LogP contribution >= 0.6 is 0 Å². The average molecular weight is 272 g/mol. The van der Waals surface area contributed by atoms with E-state index in [1.807, 2.05) is 25.2 Å². The lowest BCUT2D eigenvalue weighted by Crippen LogP contribution is -2.17. The molecule has 0 N–H and O–H groups in total. The SMILES string of the molecule is CN(CC#N)Cc1nc(-c2ccc3c(c2)OCO3)no1. The molecule has 0 spiro atoms. The molecule has 1 aromatic carbocycles. The van der Waals surface area contributed by atoms with Gasteiger partial charge in [-0.05, 0) is 25.2 Å². The Morgan fingerprint density at radius 2 is 2.20 bits per heavy atom. The summed E-state index contributed by atoms with van der Waals surface area (Å²) in [5.41, 5.74) is 0.798. The predicted molar refractivity (Wildman–Crippen MR) is 67.8 cm³/mol. The van der Waals surface area contributed by atoms with E-state index in [0.29, 0.717) is 36.3 Å². The van der Waals surface area contributed by atoms with Crippen LogP contribution < -0.4 is 9.47 Å². The Bertz CT molecular complexity index is 662. The van der Waals surface area contributed by atoms with E-state index in [-0.39, 0.29) is 6.79 Å². The van der Waals surface area contributed by atoms with Gasteiger partial charge in [-0.25, -0.2) is 0 Å². The third-order valence-corrected chi connectivity index (χ3v) is 2.84. The number of nitrogens with zero attached hydrogens (tertiary/aromatic N) is 4. The van der Waals surface area contributed by atoms with Crippen LogP contribution in [0.5, 0.6) is 11.5 Å². The number of benzene rings is 1. The summed E-state index contributed by atoms with van der Waals surface area (Å²) in [5, 5.41) is 12.5. The standard InChI is InChI=1S/C13H12N4O3/c1-17(5-4-14)7-12-15-13(16-20-12)9-2-3-10-11(6-9)19-8-18-10/h2-3,6H,5,7-8H2,1H3. The zero-order valence-electron chi connectivity index (χ0n) is 10.9. The Labute approximate surface area is 115 Å². The topological polar surface area (TPSA) is 84.4 Å². The Kier molecular flexibility index (Phi) is 3.23.